The van der Waals surface area contributed by atoms with Gasteiger partial charge in [-0.1, -0.05) is 12.1 Å². The Kier molecular flexibility index (Phi) is 3.40. The molecule has 1 amide bonds. The summed E-state index contributed by atoms with van der Waals surface area (Å²) in [7, 11) is 0. The van der Waals surface area contributed by atoms with Crippen LogP contribution in [0, 0.1) is 22.0 Å². The van der Waals surface area contributed by atoms with Crippen LogP contribution in [0.3, 0.4) is 0 Å². The van der Waals surface area contributed by atoms with E-state index in [-0.39, 0.29) is 17.2 Å². The van der Waals surface area contributed by atoms with Crippen molar-refractivity contribution >= 4 is 11.6 Å². The summed E-state index contributed by atoms with van der Waals surface area (Å²) in [5, 5.41) is 14.4. The fourth-order valence-corrected chi connectivity index (χ4v) is 3.26. The number of hydrogen-bond donors (Lipinski definition) is 1. The van der Waals surface area contributed by atoms with Gasteiger partial charge in [-0.3, -0.25) is 14.9 Å². The van der Waals surface area contributed by atoms with E-state index in [4.69, 9.17) is 0 Å². The van der Waals surface area contributed by atoms with Crippen LogP contribution in [0.25, 0.3) is 0 Å². The first-order valence-corrected chi connectivity index (χ1v) is 6.88. The van der Waals surface area contributed by atoms with Gasteiger partial charge in [0.05, 0.1) is 4.92 Å². The maximum absolute atomic E-state index is 12.6. The highest BCUT2D eigenvalue weighted by molar-refractivity contribution is 5.98. The number of carbonyl (C=O) groups excluding carboxylic acids is 1. The van der Waals surface area contributed by atoms with Gasteiger partial charge < -0.3 is 10.2 Å². The number of carbonyl (C=O) groups is 1. The molecule has 2 heterocycles. The molecular weight excluding hydrogens is 258 g/mol. The van der Waals surface area contributed by atoms with Crippen molar-refractivity contribution in [2.45, 2.75) is 6.42 Å². The molecule has 2 fully saturated rings. The number of nitro groups is 1. The molecule has 2 saturated heterocycles. The zero-order valence-corrected chi connectivity index (χ0v) is 11.1. The molecule has 0 radical (unpaired) electrons. The molecule has 1 aromatic carbocycles. The summed E-state index contributed by atoms with van der Waals surface area (Å²) in [6, 6.07) is 6.19. The molecule has 0 aliphatic carbocycles. The molecule has 1 aromatic rings. The average Bonchev–Trinajstić information content (AvgIpc) is 2.46. The highest BCUT2D eigenvalue weighted by atomic mass is 16.6. The monoisotopic (exact) mass is 275 g/mol. The van der Waals surface area contributed by atoms with Crippen molar-refractivity contribution < 1.29 is 9.72 Å². The van der Waals surface area contributed by atoms with Crippen LogP contribution >= 0.6 is 0 Å². The van der Waals surface area contributed by atoms with Crippen LogP contribution in [0.15, 0.2) is 24.3 Å². The molecule has 6 heteroatoms. The molecule has 2 aliphatic heterocycles. The first-order valence-electron chi connectivity index (χ1n) is 6.88. The maximum atomic E-state index is 12.6. The third kappa shape index (κ3) is 2.38. The lowest BCUT2D eigenvalue weighted by Gasteiger charge is -2.41. The predicted octanol–water partition coefficient (Wildman–Crippen LogP) is 1.28. The molecule has 106 valence electrons. The summed E-state index contributed by atoms with van der Waals surface area (Å²) < 4.78 is 0. The summed E-state index contributed by atoms with van der Waals surface area (Å²) in [6.45, 7) is 3.23. The first kappa shape index (κ1) is 13.1. The highest BCUT2D eigenvalue weighted by Crippen LogP contribution is 2.27. The number of nitrogens with zero attached hydrogens (tertiary/aromatic N) is 2. The average molecular weight is 275 g/mol. The Balaban J connectivity index is 1.84. The number of amides is 1. The zero-order valence-electron chi connectivity index (χ0n) is 11.1. The normalized spacial score (nSPS) is 25.3. The van der Waals surface area contributed by atoms with Gasteiger partial charge in [-0.15, -0.1) is 0 Å². The van der Waals surface area contributed by atoms with E-state index >= 15 is 0 Å². The number of hydrogen-bond acceptors (Lipinski definition) is 4. The van der Waals surface area contributed by atoms with Gasteiger partial charge in [-0.2, -0.15) is 0 Å². The summed E-state index contributed by atoms with van der Waals surface area (Å²) in [5.74, 6) is 0.720. The number of rotatable bonds is 2. The first-order chi connectivity index (χ1) is 9.65. The van der Waals surface area contributed by atoms with Gasteiger partial charge in [-0.25, -0.2) is 0 Å². The fourth-order valence-electron chi connectivity index (χ4n) is 3.26. The van der Waals surface area contributed by atoms with Crippen molar-refractivity contribution in [3.63, 3.8) is 0 Å². The van der Waals surface area contributed by atoms with Gasteiger partial charge in [0.15, 0.2) is 0 Å². The molecule has 0 saturated carbocycles. The van der Waals surface area contributed by atoms with Crippen molar-refractivity contribution in [1.29, 1.82) is 0 Å². The predicted molar refractivity (Wildman–Crippen MR) is 73.5 cm³/mol. The largest absolute Gasteiger partial charge is 0.338 e. The number of para-hydroxylation sites is 1. The van der Waals surface area contributed by atoms with Crippen LogP contribution in [0.4, 0.5) is 5.69 Å². The molecule has 0 aromatic heterocycles. The topological polar surface area (TPSA) is 75.5 Å². The highest BCUT2D eigenvalue weighted by Gasteiger charge is 2.34. The summed E-state index contributed by atoms with van der Waals surface area (Å²) in [5.41, 5.74) is 0.0943. The summed E-state index contributed by atoms with van der Waals surface area (Å²) in [4.78, 5) is 24.9. The van der Waals surface area contributed by atoms with E-state index in [1.54, 1.807) is 23.1 Å². The van der Waals surface area contributed by atoms with E-state index in [0.29, 0.717) is 24.9 Å². The molecule has 0 spiro atoms. The minimum Gasteiger partial charge on any atom is -0.338 e. The zero-order chi connectivity index (χ0) is 14.1. The minimum absolute atomic E-state index is 0.105. The third-order valence-electron chi connectivity index (χ3n) is 4.11. The lowest BCUT2D eigenvalue weighted by Crippen LogP contribution is -2.52. The molecule has 1 N–H and O–H groups in total. The molecule has 6 nitrogen and oxygen atoms in total. The van der Waals surface area contributed by atoms with E-state index in [1.807, 2.05) is 0 Å². The van der Waals surface area contributed by atoms with Crippen molar-refractivity contribution in [3.05, 3.63) is 39.9 Å². The van der Waals surface area contributed by atoms with E-state index in [0.717, 1.165) is 19.5 Å². The van der Waals surface area contributed by atoms with Gasteiger partial charge in [0.1, 0.15) is 5.56 Å². The van der Waals surface area contributed by atoms with Gasteiger partial charge in [0, 0.05) is 19.2 Å². The Morgan fingerprint density at radius 1 is 1.25 bits per heavy atom. The Hall–Kier alpha value is -1.95. The number of piperidine rings is 2. The Morgan fingerprint density at radius 2 is 1.90 bits per heavy atom. The van der Waals surface area contributed by atoms with Crippen LogP contribution in [-0.2, 0) is 0 Å². The minimum atomic E-state index is -0.487. The number of nitrogens with one attached hydrogen (secondary N) is 1. The second kappa shape index (κ2) is 5.20. The standard InChI is InChI=1S/C14H17N3O3/c18-14(12-3-1-2-4-13(12)17(19)20)16-8-10-5-11(9-16)7-15-6-10/h1-4,10-11,15H,5-9H2/t10-,11+. The molecule has 2 bridgehead atoms. The quantitative estimate of drug-likeness (QED) is 0.651. The molecular formula is C14H17N3O3. The van der Waals surface area contributed by atoms with Crippen LogP contribution in [0.5, 0.6) is 0 Å². The molecule has 3 rings (SSSR count). The van der Waals surface area contributed by atoms with Gasteiger partial charge in [-0.05, 0) is 37.4 Å². The second-order valence-electron chi connectivity index (χ2n) is 5.61. The van der Waals surface area contributed by atoms with Crippen LogP contribution < -0.4 is 5.32 Å². The third-order valence-corrected chi connectivity index (χ3v) is 4.11. The van der Waals surface area contributed by atoms with Crippen molar-refractivity contribution in [2.75, 3.05) is 26.2 Å². The number of fused-ring (bicyclic) bond motifs is 2. The Labute approximate surface area is 116 Å². The molecule has 0 unspecified atom stereocenters. The summed E-state index contributed by atoms with van der Waals surface area (Å²) >= 11 is 0. The van der Waals surface area contributed by atoms with Crippen LogP contribution in [0.1, 0.15) is 16.8 Å². The van der Waals surface area contributed by atoms with E-state index in [9.17, 15) is 14.9 Å². The SMILES string of the molecule is O=C(c1ccccc1[N+](=O)[O-])N1C[C@@H]2CNC[C@@H](C2)C1. The van der Waals surface area contributed by atoms with Gasteiger partial charge in [0.25, 0.3) is 11.6 Å². The number of benzene rings is 1. The lowest BCUT2D eigenvalue weighted by molar-refractivity contribution is -0.385. The van der Waals surface area contributed by atoms with Gasteiger partial charge in [0.2, 0.25) is 0 Å². The Bertz CT molecular complexity index is 534. The van der Waals surface area contributed by atoms with E-state index in [1.165, 1.54) is 6.07 Å². The van der Waals surface area contributed by atoms with Gasteiger partial charge >= 0.3 is 0 Å². The molecule has 20 heavy (non-hydrogen) atoms. The second-order valence-corrected chi connectivity index (χ2v) is 5.61. The fraction of sp³-hybridized carbons (Fsp3) is 0.500. The molecule has 2 aliphatic rings. The van der Waals surface area contributed by atoms with Crippen molar-refractivity contribution in [1.82, 2.24) is 10.2 Å². The number of likely N-dealkylation sites (tertiary alicyclic amines) is 1. The lowest BCUT2D eigenvalue weighted by atomic mass is 9.85. The van der Waals surface area contributed by atoms with E-state index < -0.39 is 4.92 Å². The molecule has 2 atom stereocenters. The maximum Gasteiger partial charge on any atom is 0.282 e. The Morgan fingerprint density at radius 3 is 2.55 bits per heavy atom. The van der Waals surface area contributed by atoms with Crippen molar-refractivity contribution in [3.8, 4) is 0 Å². The summed E-state index contributed by atoms with van der Waals surface area (Å²) in [6.07, 6.45) is 1.15. The number of nitro benzene ring substituents is 1. The van der Waals surface area contributed by atoms with E-state index in [2.05, 4.69) is 5.32 Å². The van der Waals surface area contributed by atoms with Crippen LogP contribution in [-0.4, -0.2) is 41.9 Å². The van der Waals surface area contributed by atoms with Crippen molar-refractivity contribution in [2.24, 2.45) is 11.8 Å². The smallest absolute Gasteiger partial charge is 0.282 e. The van der Waals surface area contributed by atoms with Crippen LogP contribution in [0.2, 0.25) is 0 Å².